The van der Waals surface area contributed by atoms with Crippen molar-refractivity contribution in [1.29, 1.82) is 0 Å². The Bertz CT molecular complexity index is 667. The van der Waals surface area contributed by atoms with E-state index < -0.39 is 5.97 Å². The van der Waals surface area contributed by atoms with Crippen LogP contribution >= 0.6 is 0 Å². The first-order valence-corrected chi connectivity index (χ1v) is 6.63. The van der Waals surface area contributed by atoms with Crippen molar-refractivity contribution >= 4 is 17.8 Å². The third kappa shape index (κ3) is 4.14. The summed E-state index contributed by atoms with van der Waals surface area (Å²) < 4.78 is 5.07. The van der Waals surface area contributed by atoms with Crippen LogP contribution in [0.5, 0.6) is 0 Å². The average molecular weight is 280 g/mol. The SMILES string of the molecule is CC(=O)O/C(=C\c1ccc(C)cc1)C(=O)c1ccccc1. The van der Waals surface area contributed by atoms with Gasteiger partial charge in [-0.3, -0.25) is 9.59 Å². The van der Waals surface area contributed by atoms with Gasteiger partial charge in [-0.05, 0) is 18.6 Å². The minimum Gasteiger partial charge on any atom is -0.422 e. The number of ether oxygens (including phenoxy) is 1. The van der Waals surface area contributed by atoms with Gasteiger partial charge in [-0.1, -0.05) is 60.2 Å². The van der Waals surface area contributed by atoms with Crippen molar-refractivity contribution < 1.29 is 14.3 Å². The Labute approximate surface area is 123 Å². The lowest BCUT2D eigenvalue weighted by Gasteiger charge is -2.07. The van der Waals surface area contributed by atoms with Gasteiger partial charge in [0, 0.05) is 12.5 Å². The molecule has 106 valence electrons. The van der Waals surface area contributed by atoms with Crippen molar-refractivity contribution in [3.05, 3.63) is 77.0 Å². The van der Waals surface area contributed by atoms with Crippen molar-refractivity contribution in [3.63, 3.8) is 0 Å². The first-order chi connectivity index (χ1) is 10.1. The molecule has 0 unspecified atom stereocenters. The van der Waals surface area contributed by atoms with Crippen molar-refractivity contribution in [2.75, 3.05) is 0 Å². The molecule has 0 atom stereocenters. The lowest BCUT2D eigenvalue weighted by Crippen LogP contribution is -2.10. The summed E-state index contributed by atoms with van der Waals surface area (Å²) in [6.07, 6.45) is 1.58. The van der Waals surface area contributed by atoms with E-state index in [9.17, 15) is 9.59 Å². The molecular formula is C18H16O3. The van der Waals surface area contributed by atoms with E-state index in [1.54, 1.807) is 30.3 Å². The van der Waals surface area contributed by atoms with Gasteiger partial charge in [-0.15, -0.1) is 0 Å². The van der Waals surface area contributed by atoms with Gasteiger partial charge in [0.25, 0.3) is 0 Å². The van der Waals surface area contributed by atoms with Crippen LogP contribution in [0.3, 0.4) is 0 Å². The van der Waals surface area contributed by atoms with E-state index in [-0.39, 0.29) is 11.5 Å². The van der Waals surface area contributed by atoms with E-state index in [0.717, 1.165) is 11.1 Å². The number of aryl methyl sites for hydroxylation is 1. The number of ketones is 1. The maximum Gasteiger partial charge on any atom is 0.308 e. The number of Topliss-reactive ketones (excluding diaryl/α,β-unsaturated/α-hetero) is 1. The molecule has 0 aromatic heterocycles. The first kappa shape index (κ1) is 14.7. The molecule has 3 heteroatoms. The highest BCUT2D eigenvalue weighted by molar-refractivity contribution is 6.10. The Balaban J connectivity index is 2.36. The third-order valence-electron chi connectivity index (χ3n) is 2.89. The van der Waals surface area contributed by atoms with Gasteiger partial charge < -0.3 is 4.74 Å². The summed E-state index contributed by atoms with van der Waals surface area (Å²) in [6.45, 7) is 3.26. The maximum atomic E-state index is 12.4. The lowest BCUT2D eigenvalue weighted by atomic mass is 10.1. The van der Waals surface area contributed by atoms with E-state index >= 15 is 0 Å². The zero-order chi connectivity index (χ0) is 15.2. The molecule has 0 aliphatic heterocycles. The summed E-state index contributed by atoms with van der Waals surface area (Å²) in [5.41, 5.74) is 2.41. The molecule has 0 radical (unpaired) electrons. The molecule has 0 heterocycles. The van der Waals surface area contributed by atoms with Gasteiger partial charge in [-0.2, -0.15) is 0 Å². The Morgan fingerprint density at radius 2 is 1.57 bits per heavy atom. The Kier molecular flexibility index (Phi) is 4.67. The van der Waals surface area contributed by atoms with E-state index in [2.05, 4.69) is 0 Å². The molecule has 2 aromatic rings. The molecule has 0 spiro atoms. The fourth-order valence-electron chi connectivity index (χ4n) is 1.84. The van der Waals surface area contributed by atoms with Crippen molar-refractivity contribution in [2.45, 2.75) is 13.8 Å². The second-order valence-electron chi connectivity index (χ2n) is 4.71. The number of rotatable bonds is 4. The quantitative estimate of drug-likeness (QED) is 0.370. The van der Waals surface area contributed by atoms with Gasteiger partial charge in [0.2, 0.25) is 5.78 Å². The van der Waals surface area contributed by atoms with Crippen LogP contribution in [-0.2, 0) is 9.53 Å². The van der Waals surface area contributed by atoms with Crippen LogP contribution in [-0.4, -0.2) is 11.8 Å². The second kappa shape index (κ2) is 6.66. The smallest absolute Gasteiger partial charge is 0.308 e. The third-order valence-corrected chi connectivity index (χ3v) is 2.89. The summed E-state index contributed by atoms with van der Waals surface area (Å²) in [7, 11) is 0. The Morgan fingerprint density at radius 1 is 0.952 bits per heavy atom. The number of hydrogen-bond donors (Lipinski definition) is 0. The zero-order valence-corrected chi connectivity index (χ0v) is 12.0. The average Bonchev–Trinajstić information content (AvgIpc) is 2.48. The molecule has 0 amide bonds. The van der Waals surface area contributed by atoms with Crippen LogP contribution in [0.15, 0.2) is 60.4 Å². The highest BCUT2D eigenvalue weighted by Gasteiger charge is 2.15. The van der Waals surface area contributed by atoms with Gasteiger partial charge in [0.05, 0.1) is 0 Å². The molecule has 0 aliphatic rings. The topological polar surface area (TPSA) is 43.4 Å². The van der Waals surface area contributed by atoms with Crippen LogP contribution < -0.4 is 0 Å². The van der Waals surface area contributed by atoms with Gasteiger partial charge in [0.15, 0.2) is 5.76 Å². The number of carbonyl (C=O) groups excluding carboxylic acids is 2. The number of allylic oxidation sites excluding steroid dienone is 1. The van der Waals surface area contributed by atoms with E-state index in [1.807, 2.05) is 37.3 Å². The summed E-state index contributed by atoms with van der Waals surface area (Å²) in [5, 5.41) is 0. The molecule has 0 bridgehead atoms. The predicted octanol–water partition coefficient (Wildman–Crippen LogP) is 3.78. The molecule has 2 rings (SSSR count). The highest BCUT2D eigenvalue weighted by atomic mass is 16.5. The largest absolute Gasteiger partial charge is 0.422 e. The van der Waals surface area contributed by atoms with Gasteiger partial charge in [-0.25, -0.2) is 0 Å². The number of carbonyl (C=O) groups is 2. The summed E-state index contributed by atoms with van der Waals surface area (Å²) in [4.78, 5) is 23.6. The van der Waals surface area contributed by atoms with E-state index in [4.69, 9.17) is 4.74 Å². The van der Waals surface area contributed by atoms with Crippen LogP contribution in [0.25, 0.3) is 6.08 Å². The van der Waals surface area contributed by atoms with Crippen LogP contribution in [0.4, 0.5) is 0 Å². The fraction of sp³-hybridized carbons (Fsp3) is 0.111. The molecule has 2 aromatic carbocycles. The van der Waals surface area contributed by atoms with E-state index in [1.165, 1.54) is 6.92 Å². The van der Waals surface area contributed by atoms with Crippen LogP contribution in [0, 0.1) is 6.92 Å². The first-order valence-electron chi connectivity index (χ1n) is 6.63. The summed E-state index contributed by atoms with van der Waals surface area (Å²) in [5.74, 6) is -0.804. The highest BCUT2D eigenvalue weighted by Crippen LogP contribution is 2.15. The van der Waals surface area contributed by atoms with Crippen LogP contribution in [0.1, 0.15) is 28.4 Å². The predicted molar refractivity (Wildman–Crippen MR) is 81.7 cm³/mol. The second-order valence-corrected chi connectivity index (χ2v) is 4.71. The monoisotopic (exact) mass is 280 g/mol. The molecule has 0 aliphatic carbocycles. The maximum absolute atomic E-state index is 12.4. The zero-order valence-electron chi connectivity index (χ0n) is 12.0. The fourth-order valence-corrected chi connectivity index (χ4v) is 1.84. The molecule has 0 saturated carbocycles. The number of benzene rings is 2. The van der Waals surface area contributed by atoms with Gasteiger partial charge in [0.1, 0.15) is 0 Å². The number of esters is 1. The van der Waals surface area contributed by atoms with Crippen molar-refractivity contribution in [1.82, 2.24) is 0 Å². The molecule has 3 nitrogen and oxygen atoms in total. The molecule has 0 fully saturated rings. The van der Waals surface area contributed by atoms with Gasteiger partial charge >= 0.3 is 5.97 Å². The minimum atomic E-state index is -0.516. The van der Waals surface area contributed by atoms with E-state index in [0.29, 0.717) is 5.56 Å². The van der Waals surface area contributed by atoms with Crippen molar-refractivity contribution in [3.8, 4) is 0 Å². The molecule has 0 N–H and O–H groups in total. The minimum absolute atomic E-state index is 0.0255. The lowest BCUT2D eigenvalue weighted by molar-refractivity contribution is -0.136. The summed E-state index contributed by atoms with van der Waals surface area (Å²) in [6, 6.07) is 16.4. The molecule has 0 saturated heterocycles. The summed E-state index contributed by atoms with van der Waals surface area (Å²) >= 11 is 0. The molecule has 21 heavy (non-hydrogen) atoms. The molecular weight excluding hydrogens is 264 g/mol. The Morgan fingerprint density at radius 3 is 2.14 bits per heavy atom. The van der Waals surface area contributed by atoms with Crippen LogP contribution in [0.2, 0.25) is 0 Å². The Hall–Kier alpha value is -2.68. The van der Waals surface area contributed by atoms with Crippen molar-refractivity contribution in [2.24, 2.45) is 0 Å². The normalized spacial score (nSPS) is 11.0. The standard InChI is InChI=1S/C18H16O3/c1-13-8-10-15(11-9-13)12-17(21-14(2)19)18(20)16-6-4-3-5-7-16/h3-12H,1-2H3/b17-12-. The number of hydrogen-bond acceptors (Lipinski definition) is 3.